The van der Waals surface area contributed by atoms with Gasteiger partial charge >= 0.3 is 16.5 Å². The van der Waals surface area contributed by atoms with E-state index in [1.54, 1.807) is 6.07 Å². The molecule has 0 saturated carbocycles. The highest BCUT2D eigenvalue weighted by molar-refractivity contribution is 6.11. The number of carbonyl (C=O) groups excluding carboxylic acids is 1. The van der Waals surface area contributed by atoms with Gasteiger partial charge in [-0.1, -0.05) is 42.5 Å². The molecule has 2 aromatic carbocycles. The summed E-state index contributed by atoms with van der Waals surface area (Å²) < 4.78 is 4.60. The Labute approximate surface area is 104 Å². The van der Waals surface area contributed by atoms with E-state index in [9.17, 15) is 4.79 Å². The second kappa shape index (κ2) is 4.97. The molecule has 0 aliphatic carbocycles. The summed E-state index contributed by atoms with van der Waals surface area (Å²) >= 11 is 0. The minimum atomic E-state index is -0.388. The van der Waals surface area contributed by atoms with Crippen LogP contribution in [0.2, 0.25) is 0 Å². The van der Waals surface area contributed by atoms with Gasteiger partial charge in [0.25, 0.3) is 0 Å². The Kier molecular flexibility index (Phi) is 3.39. The summed E-state index contributed by atoms with van der Waals surface area (Å²) in [6.45, 7) is 2.02. The lowest BCUT2D eigenvalue weighted by atomic mass is 9.96. The molecule has 0 fully saturated rings. The van der Waals surface area contributed by atoms with Gasteiger partial charge < -0.3 is 4.43 Å². The number of hydrogen-bond donors (Lipinski definition) is 0. The third kappa shape index (κ3) is 2.29. The molecule has 0 unspecified atom stereocenters. The zero-order valence-corrected chi connectivity index (χ0v) is 10.4. The van der Waals surface area contributed by atoms with E-state index >= 15 is 0 Å². The van der Waals surface area contributed by atoms with Crippen LogP contribution in [0.1, 0.15) is 15.9 Å². The predicted octanol–water partition coefficient (Wildman–Crippen LogP) is 2.90. The maximum Gasteiger partial charge on any atom is 0.345 e. The van der Waals surface area contributed by atoms with Crippen molar-refractivity contribution in [2.45, 2.75) is 6.92 Å². The molecule has 2 aromatic rings. The molecule has 2 nitrogen and oxygen atoms in total. The van der Waals surface area contributed by atoms with Crippen LogP contribution in [0.3, 0.4) is 0 Å². The Morgan fingerprint density at radius 2 is 1.59 bits per heavy atom. The highest BCUT2D eigenvalue weighted by atomic mass is 28.2. The number of hydrogen-bond acceptors (Lipinski definition) is 2. The SMILES string of the molecule is Cc1ccccc1-c1ccccc1C(=O)O[Si]. The van der Waals surface area contributed by atoms with Crippen molar-refractivity contribution >= 4 is 16.5 Å². The molecule has 17 heavy (non-hydrogen) atoms. The van der Waals surface area contributed by atoms with Crippen molar-refractivity contribution in [3.8, 4) is 11.1 Å². The van der Waals surface area contributed by atoms with E-state index in [0.717, 1.165) is 16.7 Å². The highest BCUT2D eigenvalue weighted by Gasteiger charge is 2.12. The molecule has 0 bridgehead atoms. The van der Waals surface area contributed by atoms with Crippen LogP contribution >= 0.6 is 0 Å². The third-order valence-electron chi connectivity index (χ3n) is 2.67. The average molecular weight is 239 g/mol. The molecule has 0 N–H and O–H groups in total. The van der Waals surface area contributed by atoms with Crippen LogP contribution in [0.15, 0.2) is 48.5 Å². The summed E-state index contributed by atoms with van der Waals surface area (Å²) in [6.07, 6.45) is 0. The van der Waals surface area contributed by atoms with Gasteiger partial charge in [-0.15, -0.1) is 0 Å². The largest absolute Gasteiger partial charge is 0.513 e. The third-order valence-corrected chi connectivity index (χ3v) is 2.86. The molecule has 0 aliphatic rings. The Balaban J connectivity index is 2.60. The molecular formula is C14H11O2Si. The summed E-state index contributed by atoms with van der Waals surface area (Å²) in [7, 11) is 2.78. The first-order valence-corrected chi connectivity index (χ1v) is 5.68. The second-order valence-electron chi connectivity index (χ2n) is 3.75. The van der Waals surface area contributed by atoms with Gasteiger partial charge in [-0.2, -0.15) is 0 Å². The molecule has 3 heteroatoms. The maximum absolute atomic E-state index is 11.6. The second-order valence-corrected chi connectivity index (χ2v) is 3.95. The van der Waals surface area contributed by atoms with E-state index in [4.69, 9.17) is 0 Å². The van der Waals surface area contributed by atoms with Gasteiger partial charge in [0, 0.05) is 0 Å². The van der Waals surface area contributed by atoms with E-state index in [1.807, 2.05) is 49.4 Å². The first-order chi connectivity index (χ1) is 8.24. The number of aryl methyl sites for hydroxylation is 1. The summed E-state index contributed by atoms with van der Waals surface area (Å²) in [5.41, 5.74) is 3.60. The zero-order valence-electron chi connectivity index (χ0n) is 9.44. The predicted molar refractivity (Wildman–Crippen MR) is 67.8 cm³/mol. The fourth-order valence-corrected chi connectivity index (χ4v) is 1.94. The summed E-state index contributed by atoms with van der Waals surface area (Å²) in [6, 6.07) is 15.3. The van der Waals surface area contributed by atoms with Crippen molar-refractivity contribution in [1.29, 1.82) is 0 Å². The van der Waals surface area contributed by atoms with Crippen molar-refractivity contribution in [3.63, 3.8) is 0 Å². The molecule has 0 spiro atoms. The summed E-state index contributed by atoms with van der Waals surface area (Å²) in [5.74, 6) is -0.388. The quantitative estimate of drug-likeness (QED) is 0.753. The van der Waals surface area contributed by atoms with E-state index in [0.29, 0.717) is 5.56 Å². The van der Waals surface area contributed by atoms with Crippen LogP contribution in [0.4, 0.5) is 0 Å². The molecule has 0 aliphatic heterocycles. The Bertz CT molecular complexity index is 549. The Morgan fingerprint density at radius 3 is 2.24 bits per heavy atom. The standard InChI is InChI=1S/C14H11O2Si/c1-10-6-2-3-7-11(10)12-8-4-5-9-13(12)14(15)16-17/h2-9H,1H3. The van der Waals surface area contributed by atoms with Crippen molar-refractivity contribution < 1.29 is 9.22 Å². The number of rotatable bonds is 2. The monoisotopic (exact) mass is 239 g/mol. The molecule has 0 atom stereocenters. The fraction of sp³-hybridized carbons (Fsp3) is 0.0714. The number of benzene rings is 2. The summed E-state index contributed by atoms with van der Waals surface area (Å²) in [5, 5.41) is 0. The molecule has 0 heterocycles. The Hall–Kier alpha value is -1.87. The molecule has 0 saturated heterocycles. The van der Waals surface area contributed by atoms with E-state index in [2.05, 4.69) is 14.9 Å². The molecular weight excluding hydrogens is 228 g/mol. The van der Waals surface area contributed by atoms with Gasteiger partial charge in [0.2, 0.25) is 0 Å². The summed E-state index contributed by atoms with van der Waals surface area (Å²) in [4.78, 5) is 11.6. The number of carbonyl (C=O) groups is 1. The van der Waals surface area contributed by atoms with Crippen LogP contribution in [-0.4, -0.2) is 16.5 Å². The van der Waals surface area contributed by atoms with Crippen LogP contribution in [-0.2, 0) is 4.43 Å². The van der Waals surface area contributed by atoms with Gasteiger partial charge in [0.05, 0.1) is 5.56 Å². The average Bonchev–Trinajstić information content (AvgIpc) is 2.38. The Morgan fingerprint density at radius 1 is 1.00 bits per heavy atom. The van der Waals surface area contributed by atoms with Gasteiger partial charge in [0.1, 0.15) is 0 Å². The fourth-order valence-electron chi connectivity index (χ4n) is 1.83. The van der Waals surface area contributed by atoms with E-state index in [1.165, 1.54) is 0 Å². The highest BCUT2D eigenvalue weighted by Crippen LogP contribution is 2.26. The van der Waals surface area contributed by atoms with Gasteiger partial charge in [-0.05, 0) is 29.7 Å². The van der Waals surface area contributed by atoms with Crippen molar-refractivity contribution in [2.24, 2.45) is 0 Å². The van der Waals surface area contributed by atoms with Crippen molar-refractivity contribution in [2.75, 3.05) is 0 Å². The first-order valence-electron chi connectivity index (χ1n) is 5.27. The molecule has 0 aromatic heterocycles. The zero-order chi connectivity index (χ0) is 12.3. The topological polar surface area (TPSA) is 26.3 Å². The van der Waals surface area contributed by atoms with E-state index in [-0.39, 0.29) is 5.97 Å². The minimum absolute atomic E-state index is 0.388. The van der Waals surface area contributed by atoms with Crippen molar-refractivity contribution in [1.82, 2.24) is 0 Å². The lowest BCUT2D eigenvalue weighted by Crippen LogP contribution is -2.04. The molecule has 2 rings (SSSR count). The van der Waals surface area contributed by atoms with Gasteiger partial charge in [-0.25, -0.2) is 4.79 Å². The maximum atomic E-state index is 11.6. The van der Waals surface area contributed by atoms with Crippen molar-refractivity contribution in [3.05, 3.63) is 59.7 Å². The normalized spacial score (nSPS) is 10.0. The molecule has 0 amide bonds. The van der Waals surface area contributed by atoms with Gasteiger partial charge in [0.15, 0.2) is 0 Å². The minimum Gasteiger partial charge on any atom is -0.513 e. The lowest BCUT2D eigenvalue weighted by molar-refractivity contribution is 0.0750. The van der Waals surface area contributed by atoms with Crippen LogP contribution in [0.5, 0.6) is 0 Å². The molecule has 83 valence electrons. The molecule has 3 radical (unpaired) electrons. The van der Waals surface area contributed by atoms with Crippen LogP contribution in [0.25, 0.3) is 11.1 Å². The van der Waals surface area contributed by atoms with Crippen LogP contribution in [0, 0.1) is 6.92 Å². The first kappa shape index (κ1) is 11.6. The van der Waals surface area contributed by atoms with Crippen LogP contribution < -0.4 is 0 Å². The van der Waals surface area contributed by atoms with Gasteiger partial charge in [-0.3, -0.25) is 0 Å². The lowest BCUT2D eigenvalue weighted by Gasteiger charge is -2.10. The smallest absolute Gasteiger partial charge is 0.345 e. The van der Waals surface area contributed by atoms with E-state index < -0.39 is 0 Å².